The molecule has 2 aromatic carbocycles. The molecule has 1 atom stereocenters. The molecule has 0 aliphatic rings. The summed E-state index contributed by atoms with van der Waals surface area (Å²) in [4.78, 5) is 12.2. The molecular weight excluding hydrogens is 298 g/mol. The molecule has 4 heteroatoms. The van der Waals surface area contributed by atoms with Gasteiger partial charge >= 0.3 is 0 Å². The molecule has 0 saturated heterocycles. The Bertz CT molecular complexity index is 623. The van der Waals surface area contributed by atoms with Crippen LogP contribution in [-0.4, -0.2) is 16.6 Å². The van der Waals surface area contributed by atoms with Gasteiger partial charge in [0.25, 0.3) is 0 Å². The van der Waals surface area contributed by atoms with Crippen LogP contribution in [0.5, 0.6) is 0 Å². The van der Waals surface area contributed by atoms with Crippen molar-refractivity contribution in [2.45, 2.75) is 31.9 Å². The third-order valence-electron chi connectivity index (χ3n) is 3.54. The van der Waals surface area contributed by atoms with Crippen molar-refractivity contribution >= 4 is 17.5 Å². The van der Waals surface area contributed by atoms with Crippen LogP contribution in [0, 0.1) is 0 Å². The minimum atomic E-state index is -0.775. The Balaban J connectivity index is 2.01. The molecule has 0 bridgehead atoms. The number of halogens is 1. The molecule has 0 unspecified atom stereocenters. The summed E-state index contributed by atoms with van der Waals surface area (Å²) < 4.78 is 0. The highest BCUT2D eigenvalue weighted by atomic mass is 35.5. The largest absolute Gasteiger partial charge is 0.386 e. The summed E-state index contributed by atoms with van der Waals surface area (Å²) in [6.07, 6.45) is -0.523. The van der Waals surface area contributed by atoms with E-state index in [1.54, 1.807) is 12.1 Å². The molecule has 0 spiro atoms. The second-order valence-corrected chi connectivity index (χ2v) is 6.32. The van der Waals surface area contributed by atoms with Gasteiger partial charge in [-0.05, 0) is 37.1 Å². The van der Waals surface area contributed by atoms with Crippen LogP contribution in [0.25, 0.3) is 0 Å². The molecule has 2 rings (SSSR count). The Labute approximate surface area is 135 Å². The van der Waals surface area contributed by atoms with Crippen LogP contribution in [-0.2, 0) is 11.2 Å². The van der Waals surface area contributed by atoms with Crippen LogP contribution in [0.4, 0.5) is 0 Å². The van der Waals surface area contributed by atoms with Gasteiger partial charge < -0.3 is 10.4 Å². The van der Waals surface area contributed by atoms with Gasteiger partial charge in [0.1, 0.15) is 6.10 Å². The van der Waals surface area contributed by atoms with E-state index in [1.807, 2.05) is 56.3 Å². The molecule has 0 aliphatic carbocycles. The molecule has 0 radical (unpaired) electrons. The number of nitrogens with one attached hydrogen (secondary N) is 1. The lowest BCUT2D eigenvalue weighted by Crippen LogP contribution is -2.48. The van der Waals surface area contributed by atoms with Crippen LogP contribution in [0.2, 0.25) is 5.02 Å². The first-order valence-electron chi connectivity index (χ1n) is 7.17. The molecule has 0 saturated carbocycles. The van der Waals surface area contributed by atoms with Crippen molar-refractivity contribution in [3.63, 3.8) is 0 Å². The van der Waals surface area contributed by atoms with E-state index in [-0.39, 0.29) is 12.3 Å². The SMILES string of the molecule is CC(C)(NC(=O)Cc1ccc(Cl)cc1)[C@H](O)c1ccccc1. The molecule has 0 aliphatic heterocycles. The van der Waals surface area contributed by atoms with Crippen molar-refractivity contribution in [2.75, 3.05) is 0 Å². The van der Waals surface area contributed by atoms with E-state index < -0.39 is 11.6 Å². The summed E-state index contributed by atoms with van der Waals surface area (Å²) in [5.74, 6) is -0.137. The van der Waals surface area contributed by atoms with Gasteiger partial charge in [-0.15, -0.1) is 0 Å². The summed E-state index contributed by atoms with van der Waals surface area (Å²) in [7, 11) is 0. The monoisotopic (exact) mass is 317 g/mol. The number of aliphatic hydroxyl groups is 1. The first kappa shape index (κ1) is 16.5. The number of hydrogen-bond acceptors (Lipinski definition) is 2. The fourth-order valence-electron chi connectivity index (χ4n) is 2.31. The summed E-state index contributed by atoms with van der Waals surface area (Å²) in [5, 5.41) is 14.0. The lowest BCUT2D eigenvalue weighted by atomic mass is 9.91. The Kier molecular flexibility index (Phi) is 5.22. The maximum atomic E-state index is 12.2. The standard InChI is InChI=1S/C18H20ClNO2/c1-18(2,17(22)14-6-4-3-5-7-14)20-16(21)12-13-8-10-15(19)11-9-13/h3-11,17,22H,12H2,1-2H3,(H,20,21)/t17-/m1/s1. The molecule has 2 aromatic rings. The first-order chi connectivity index (χ1) is 10.4. The van der Waals surface area contributed by atoms with E-state index in [0.29, 0.717) is 5.02 Å². The number of carbonyl (C=O) groups excluding carboxylic acids is 1. The lowest BCUT2D eigenvalue weighted by Gasteiger charge is -2.32. The molecule has 116 valence electrons. The van der Waals surface area contributed by atoms with Gasteiger partial charge in [0.2, 0.25) is 5.91 Å². The van der Waals surface area contributed by atoms with Crippen LogP contribution >= 0.6 is 11.6 Å². The second kappa shape index (κ2) is 6.95. The van der Waals surface area contributed by atoms with Crippen molar-refractivity contribution in [3.05, 3.63) is 70.7 Å². The zero-order valence-electron chi connectivity index (χ0n) is 12.7. The number of amides is 1. The molecule has 0 aromatic heterocycles. The van der Waals surface area contributed by atoms with Gasteiger partial charge in [-0.3, -0.25) is 4.79 Å². The van der Waals surface area contributed by atoms with Gasteiger partial charge in [0.05, 0.1) is 12.0 Å². The molecule has 3 nitrogen and oxygen atoms in total. The predicted octanol–water partition coefficient (Wildman–Crippen LogP) is 3.51. The highest BCUT2D eigenvalue weighted by Crippen LogP contribution is 2.25. The normalized spacial score (nSPS) is 12.7. The van der Waals surface area contributed by atoms with Gasteiger partial charge in [-0.2, -0.15) is 0 Å². The number of benzene rings is 2. The molecule has 22 heavy (non-hydrogen) atoms. The van der Waals surface area contributed by atoms with Gasteiger partial charge in [-0.25, -0.2) is 0 Å². The second-order valence-electron chi connectivity index (χ2n) is 5.89. The summed E-state index contributed by atoms with van der Waals surface area (Å²) >= 11 is 5.83. The zero-order valence-corrected chi connectivity index (χ0v) is 13.5. The van der Waals surface area contributed by atoms with E-state index in [2.05, 4.69) is 5.32 Å². The summed E-state index contributed by atoms with van der Waals surface area (Å²) in [6, 6.07) is 16.5. The summed E-state index contributed by atoms with van der Waals surface area (Å²) in [5.41, 5.74) is 0.899. The average molecular weight is 318 g/mol. The number of carbonyl (C=O) groups is 1. The van der Waals surface area contributed by atoms with Gasteiger partial charge in [-0.1, -0.05) is 54.1 Å². The van der Waals surface area contributed by atoms with E-state index in [0.717, 1.165) is 11.1 Å². The molecule has 0 heterocycles. The Hall–Kier alpha value is -1.84. The molecular formula is C18H20ClNO2. The van der Waals surface area contributed by atoms with Crippen molar-refractivity contribution in [3.8, 4) is 0 Å². The first-order valence-corrected chi connectivity index (χ1v) is 7.55. The van der Waals surface area contributed by atoms with Crippen molar-refractivity contribution in [1.29, 1.82) is 0 Å². The van der Waals surface area contributed by atoms with Crippen molar-refractivity contribution < 1.29 is 9.90 Å². The molecule has 0 fully saturated rings. The Morgan fingerprint density at radius 1 is 1.14 bits per heavy atom. The quantitative estimate of drug-likeness (QED) is 0.886. The third kappa shape index (κ3) is 4.33. The van der Waals surface area contributed by atoms with Gasteiger partial charge in [0, 0.05) is 5.02 Å². The Morgan fingerprint density at radius 3 is 2.32 bits per heavy atom. The molecule has 2 N–H and O–H groups in total. The smallest absolute Gasteiger partial charge is 0.224 e. The van der Waals surface area contributed by atoms with E-state index in [9.17, 15) is 9.90 Å². The maximum absolute atomic E-state index is 12.2. The lowest BCUT2D eigenvalue weighted by molar-refractivity contribution is -0.123. The predicted molar refractivity (Wildman–Crippen MR) is 88.8 cm³/mol. The minimum Gasteiger partial charge on any atom is -0.386 e. The van der Waals surface area contributed by atoms with Crippen molar-refractivity contribution in [2.24, 2.45) is 0 Å². The highest BCUT2D eigenvalue weighted by molar-refractivity contribution is 6.30. The topological polar surface area (TPSA) is 49.3 Å². The third-order valence-corrected chi connectivity index (χ3v) is 3.79. The highest BCUT2D eigenvalue weighted by Gasteiger charge is 2.30. The maximum Gasteiger partial charge on any atom is 0.224 e. The number of hydrogen-bond donors (Lipinski definition) is 2. The van der Waals surface area contributed by atoms with Gasteiger partial charge in [0.15, 0.2) is 0 Å². The fraction of sp³-hybridized carbons (Fsp3) is 0.278. The van der Waals surface area contributed by atoms with E-state index in [4.69, 9.17) is 11.6 Å². The van der Waals surface area contributed by atoms with Crippen LogP contribution in [0.1, 0.15) is 31.1 Å². The van der Waals surface area contributed by atoms with E-state index in [1.165, 1.54) is 0 Å². The van der Waals surface area contributed by atoms with E-state index >= 15 is 0 Å². The fourth-order valence-corrected chi connectivity index (χ4v) is 2.44. The van der Waals surface area contributed by atoms with Crippen LogP contribution in [0.3, 0.4) is 0 Å². The Morgan fingerprint density at radius 2 is 1.73 bits per heavy atom. The van der Waals surface area contributed by atoms with Crippen LogP contribution in [0.15, 0.2) is 54.6 Å². The number of aliphatic hydroxyl groups excluding tert-OH is 1. The average Bonchev–Trinajstić information content (AvgIpc) is 2.49. The number of rotatable bonds is 5. The van der Waals surface area contributed by atoms with Crippen LogP contribution < -0.4 is 5.32 Å². The van der Waals surface area contributed by atoms with Crippen molar-refractivity contribution in [1.82, 2.24) is 5.32 Å². The minimum absolute atomic E-state index is 0.137. The molecule has 1 amide bonds. The summed E-state index contributed by atoms with van der Waals surface area (Å²) in [6.45, 7) is 3.62. The zero-order chi connectivity index (χ0) is 16.2.